The Labute approximate surface area is 249 Å². The molecule has 0 unspecified atom stereocenters. The molecule has 2 saturated carbocycles. The van der Waals surface area contributed by atoms with Crippen molar-refractivity contribution in [1.82, 2.24) is 4.57 Å². The second-order valence-electron chi connectivity index (χ2n) is 12.4. The van der Waals surface area contributed by atoms with Gasteiger partial charge in [-0.3, -0.25) is 0 Å². The minimum atomic E-state index is 0.726. The standard InChI is InChI=1S/C40H38N2/c1-2-10-29(9-1)31-17-21-33(22-18-31)41(34-23-19-32(20-24-34)30-11-3-4-12-30)35-25-27-36(28-26-35)42-39-15-7-5-13-37(39)38-14-6-8-16-40(38)42/h5-8,13-30H,1-4,9-12H2. The summed E-state index contributed by atoms with van der Waals surface area (Å²) in [4.78, 5) is 2.42. The van der Waals surface area contributed by atoms with Gasteiger partial charge in [-0.15, -0.1) is 0 Å². The maximum atomic E-state index is 2.42. The molecule has 2 fully saturated rings. The molecule has 0 saturated heterocycles. The van der Waals surface area contributed by atoms with Gasteiger partial charge in [0, 0.05) is 33.5 Å². The van der Waals surface area contributed by atoms with E-state index in [4.69, 9.17) is 0 Å². The molecule has 2 aliphatic rings. The van der Waals surface area contributed by atoms with E-state index in [1.54, 1.807) is 0 Å². The van der Waals surface area contributed by atoms with Gasteiger partial charge in [0.15, 0.2) is 0 Å². The van der Waals surface area contributed by atoms with E-state index in [1.165, 1.54) is 107 Å². The van der Waals surface area contributed by atoms with E-state index in [-0.39, 0.29) is 0 Å². The van der Waals surface area contributed by atoms with E-state index in [9.17, 15) is 0 Å². The predicted octanol–water partition coefficient (Wildman–Crippen LogP) is 11.6. The zero-order valence-electron chi connectivity index (χ0n) is 24.3. The number of rotatable bonds is 6. The van der Waals surface area contributed by atoms with Crippen LogP contribution in [0.1, 0.15) is 74.3 Å². The lowest BCUT2D eigenvalue weighted by Gasteiger charge is -2.27. The molecule has 2 heteroatoms. The first-order valence-electron chi connectivity index (χ1n) is 15.9. The highest BCUT2D eigenvalue weighted by atomic mass is 15.1. The lowest BCUT2D eigenvalue weighted by atomic mass is 9.96. The van der Waals surface area contributed by atoms with Gasteiger partial charge in [-0.05, 0) is 109 Å². The van der Waals surface area contributed by atoms with Crippen molar-refractivity contribution in [1.29, 1.82) is 0 Å². The molecule has 2 nitrogen and oxygen atoms in total. The molecule has 2 aliphatic carbocycles. The van der Waals surface area contributed by atoms with E-state index in [0.717, 1.165) is 11.8 Å². The van der Waals surface area contributed by atoms with E-state index in [0.29, 0.717) is 0 Å². The van der Waals surface area contributed by atoms with E-state index in [2.05, 4.69) is 131 Å². The largest absolute Gasteiger partial charge is 0.311 e. The van der Waals surface area contributed by atoms with Crippen molar-refractivity contribution in [3.63, 3.8) is 0 Å². The Morgan fingerprint density at radius 3 is 1.24 bits per heavy atom. The fraction of sp³-hybridized carbons (Fsp3) is 0.250. The van der Waals surface area contributed by atoms with Crippen LogP contribution >= 0.6 is 0 Å². The Morgan fingerprint density at radius 1 is 0.429 bits per heavy atom. The summed E-state index contributed by atoms with van der Waals surface area (Å²) < 4.78 is 2.39. The summed E-state index contributed by atoms with van der Waals surface area (Å²) in [5.74, 6) is 1.45. The summed E-state index contributed by atoms with van der Waals surface area (Å²) in [6, 6.07) is 45.4. The number of hydrogen-bond acceptors (Lipinski definition) is 1. The third kappa shape index (κ3) is 4.50. The number of fused-ring (bicyclic) bond motifs is 3. The number of para-hydroxylation sites is 2. The molecule has 0 bridgehead atoms. The summed E-state index contributed by atoms with van der Waals surface area (Å²) in [6.45, 7) is 0. The van der Waals surface area contributed by atoms with Crippen LogP contribution in [0.15, 0.2) is 121 Å². The minimum Gasteiger partial charge on any atom is -0.311 e. The summed E-state index contributed by atoms with van der Waals surface area (Å²) in [6.07, 6.45) is 10.8. The molecule has 208 valence electrons. The SMILES string of the molecule is c1ccc2c(c1)c1ccccc1n2-c1ccc(N(c2ccc(C3CCCC3)cc2)c2ccc(C3CCCC3)cc2)cc1. The number of benzene rings is 5. The van der Waals surface area contributed by atoms with E-state index < -0.39 is 0 Å². The number of nitrogens with zero attached hydrogens (tertiary/aromatic N) is 2. The van der Waals surface area contributed by atoms with Gasteiger partial charge in [-0.25, -0.2) is 0 Å². The number of aromatic nitrogens is 1. The first-order chi connectivity index (χ1) is 20.8. The van der Waals surface area contributed by atoms with Crippen molar-refractivity contribution in [3.8, 4) is 5.69 Å². The van der Waals surface area contributed by atoms with Gasteiger partial charge >= 0.3 is 0 Å². The summed E-state index contributed by atoms with van der Waals surface area (Å²) in [5.41, 5.74) is 10.3. The van der Waals surface area contributed by atoms with Crippen molar-refractivity contribution in [3.05, 3.63) is 132 Å². The highest BCUT2D eigenvalue weighted by Crippen LogP contribution is 2.41. The van der Waals surface area contributed by atoms with Crippen LogP contribution in [0.4, 0.5) is 17.1 Å². The lowest BCUT2D eigenvalue weighted by Crippen LogP contribution is -2.10. The average Bonchev–Trinajstić information content (AvgIpc) is 3.84. The normalized spacial score (nSPS) is 16.1. The first kappa shape index (κ1) is 25.4. The topological polar surface area (TPSA) is 8.17 Å². The van der Waals surface area contributed by atoms with Gasteiger partial charge in [0.2, 0.25) is 0 Å². The molecule has 0 spiro atoms. The molecule has 0 aliphatic heterocycles. The van der Waals surface area contributed by atoms with Gasteiger partial charge in [-0.2, -0.15) is 0 Å². The second kappa shape index (κ2) is 10.8. The molecule has 8 rings (SSSR count). The number of anilines is 3. The van der Waals surface area contributed by atoms with Crippen LogP contribution in [0, 0.1) is 0 Å². The van der Waals surface area contributed by atoms with Crippen molar-refractivity contribution in [2.75, 3.05) is 4.90 Å². The van der Waals surface area contributed by atoms with Crippen LogP contribution in [0.2, 0.25) is 0 Å². The quantitative estimate of drug-likeness (QED) is 0.202. The van der Waals surface area contributed by atoms with Gasteiger partial charge < -0.3 is 9.47 Å². The van der Waals surface area contributed by atoms with E-state index in [1.807, 2.05) is 0 Å². The predicted molar refractivity (Wildman–Crippen MR) is 178 cm³/mol. The minimum absolute atomic E-state index is 0.726. The van der Waals surface area contributed by atoms with Crippen molar-refractivity contribution in [2.45, 2.75) is 63.2 Å². The van der Waals surface area contributed by atoms with Gasteiger partial charge in [0.05, 0.1) is 11.0 Å². The van der Waals surface area contributed by atoms with Crippen LogP contribution in [-0.2, 0) is 0 Å². The molecule has 0 N–H and O–H groups in total. The molecule has 0 radical (unpaired) electrons. The molecule has 1 aromatic heterocycles. The van der Waals surface area contributed by atoms with Crippen LogP contribution in [0.3, 0.4) is 0 Å². The van der Waals surface area contributed by atoms with E-state index >= 15 is 0 Å². The summed E-state index contributed by atoms with van der Waals surface area (Å²) >= 11 is 0. The van der Waals surface area contributed by atoms with Crippen molar-refractivity contribution < 1.29 is 0 Å². The molecule has 0 amide bonds. The number of hydrogen-bond donors (Lipinski definition) is 0. The smallest absolute Gasteiger partial charge is 0.0541 e. The molecule has 5 aromatic carbocycles. The monoisotopic (exact) mass is 546 g/mol. The van der Waals surface area contributed by atoms with Gasteiger partial charge in [-0.1, -0.05) is 86.3 Å². The first-order valence-corrected chi connectivity index (χ1v) is 15.9. The van der Waals surface area contributed by atoms with Crippen molar-refractivity contribution >= 4 is 38.9 Å². The fourth-order valence-electron chi connectivity index (χ4n) is 7.71. The lowest BCUT2D eigenvalue weighted by molar-refractivity contribution is 0.723. The Hall–Kier alpha value is -4.30. The third-order valence-electron chi connectivity index (χ3n) is 9.90. The Balaban J connectivity index is 1.19. The molecular weight excluding hydrogens is 508 g/mol. The molecular formula is C40H38N2. The molecule has 6 aromatic rings. The average molecular weight is 547 g/mol. The van der Waals surface area contributed by atoms with Crippen LogP contribution in [0.5, 0.6) is 0 Å². The second-order valence-corrected chi connectivity index (χ2v) is 12.4. The molecule has 1 heterocycles. The zero-order valence-corrected chi connectivity index (χ0v) is 24.3. The van der Waals surface area contributed by atoms with Gasteiger partial charge in [0.25, 0.3) is 0 Å². The fourth-order valence-corrected chi connectivity index (χ4v) is 7.71. The Kier molecular flexibility index (Phi) is 6.56. The highest BCUT2D eigenvalue weighted by Gasteiger charge is 2.20. The highest BCUT2D eigenvalue weighted by molar-refractivity contribution is 6.09. The van der Waals surface area contributed by atoms with Crippen LogP contribution in [0.25, 0.3) is 27.5 Å². The maximum absolute atomic E-state index is 2.42. The van der Waals surface area contributed by atoms with Crippen molar-refractivity contribution in [2.24, 2.45) is 0 Å². The van der Waals surface area contributed by atoms with Gasteiger partial charge in [0.1, 0.15) is 0 Å². The zero-order chi connectivity index (χ0) is 27.9. The Morgan fingerprint density at radius 2 is 0.810 bits per heavy atom. The summed E-state index contributed by atoms with van der Waals surface area (Å²) in [5, 5.41) is 2.59. The third-order valence-corrected chi connectivity index (χ3v) is 9.90. The Bertz CT molecular complexity index is 1700. The summed E-state index contributed by atoms with van der Waals surface area (Å²) in [7, 11) is 0. The molecule has 42 heavy (non-hydrogen) atoms. The maximum Gasteiger partial charge on any atom is 0.0541 e. The molecule has 0 atom stereocenters. The van der Waals surface area contributed by atoms with Crippen LogP contribution in [-0.4, -0.2) is 4.57 Å². The van der Waals surface area contributed by atoms with Crippen LogP contribution < -0.4 is 4.90 Å².